The lowest BCUT2D eigenvalue weighted by Gasteiger charge is -2.24. The Labute approximate surface area is 181 Å². The minimum Gasteiger partial charge on any atom is -0.486 e. The minimum absolute atomic E-state index is 0.170. The predicted octanol–water partition coefficient (Wildman–Crippen LogP) is 4.58. The highest BCUT2D eigenvalue weighted by atomic mass is 35.5. The Kier molecular flexibility index (Phi) is 8.43. The van der Waals surface area contributed by atoms with Crippen LogP contribution >= 0.6 is 23.4 Å². The van der Waals surface area contributed by atoms with Crippen molar-refractivity contribution in [2.75, 3.05) is 18.8 Å². The van der Waals surface area contributed by atoms with Gasteiger partial charge in [-0.25, -0.2) is 0 Å². The molecule has 2 heterocycles. The van der Waals surface area contributed by atoms with Gasteiger partial charge in [-0.05, 0) is 37.1 Å². The van der Waals surface area contributed by atoms with Gasteiger partial charge in [-0.2, -0.15) is 0 Å². The van der Waals surface area contributed by atoms with Crippen LogP contribution in [-0.2, 0) is 17.9 Å². The molecular formula is C21H27ClN4O2S. The molecule has 0 saturated carbocycles. The molecule has 8 heteroatoms. The summed E-state index contributed by atoms with van der Waals surface area (Å²) in [5.74, 6) is 1.95. The number of thioether (sulfide) groups is 1. The van der Waals surface area contributed by atoms with Gasteiger partial charge in [0.1, 0.15) is 12.4 Å². The van der Waals surface area contributed by atoms with Crippen LogP contribution in [0.2, 0.25) is 5.02 Å². The highest BCUT2D eigenvalue weighted by molar-refractivity contribution is 7.99. The number of rotatable bonds is 8. The maximum atomic E-state index is 12.6. The van der Waals surface area contributed by atoms with E-state index in [2.05, 4.69) is 16.8 Å². The second kappa shape index (κ2) is 11.3. The van der Waals surface area contributed by atoms with Crippen molar-refractivity contribution in [2.45, 2.75) is 50.4 Å². The molecule has 1 fully saturated rings. The molecule has 0 spiro atoms. The van der Waals surface area contributed by atoms with E-state index in [4.69, 9.17) is 16.3 Å². The van der Waals surface area contributed by atoms with E-state index in [9.17, 15) is 4.79 Å². The molecule has 156 valence electrons. The van der Waals surface area contributed by atoms with Gasteiger partial charge in [-0.3, -0.25) is 9.36 Å². The molecule has 0 N–H and O–H groups in total. The summed E-state index contributed by atoms with van der Waals surface area (Å²) < 4.78 is 7.73. The van der Waals surface area contributed by atoms with E-state index in [-0.39, 0.29) is 12.5 Å². The fourth-order valence-corrected chi connectivity index (χ4v) is 4.23. The Hall–Kier alpha value is -1.99. The van der Waals surface area contributed by atoms with Crippen molar-refractivity contribution in [1.82, 2.24) is 19.7 Å². The van der Waals surface area contributed by atoms with Crippen molar-refractivity contribution < 1.29 is 9.53 Å². The van der Waals surface area contributed by atoms with Crippen molar-refractivity contribution >= 4 is 29.3 Å². The number of benzene rings is 1. The zero-order valence-electron chi connectivity index (χ0n) is 16.6. The van der Waals surface area contributed by atoms with Gasteiger partial charge in [0, 0.05) is 24.7 Å². The molecule has 1 aliphatic heterocycles. The number of carbonyl (C=O) groups excluding carboxylic acids is 1. The molecule has 1 aromatic carbocycles. The molecule has 1 aromatic heterocycles. The summed E-state index contributed by atoms with van der Waals surface area (Å²) in [7, 11) is 0. The third-order valence-electron chi connectivity index (χ3n) is 4.82. The zero-order valence-corrected chi connectivity index (χ0v) is 18.1. The summed E-state index contributed by atoms with van der Waals surface area (Å²) in [4.78, 5) is 14.6. The van der Waals surface area contributed by atoms with Gasteiger partial charge >= 0.3 is 0 Å². The molecule has 0 unspecified atom stereocenters. The molecule has 1 amide bonds. The van der Waals surface area contributed by atoms with E-state index in [1.807, 2.05) is 21.6 Å². The standard InChI is InChI=1S/C21H27ClN4O2S/c1-2-12-26-19(15-28-18-10-8-17(22)9-11-18)23-24-21(26)29-16-20(27)25-13-6-4-3-5-7-14-25/h2,8-11H,1,3-7,12-16H2. The average Bonchev–Trinajstić information content (AvgIpc) is 3.07. The Morgan fingerprint density at radius 2 is 1.83 bits per heavy atom. The predicted molar refractivity (Wildman–Crippen MR) is 116 cm³/mol. The topological polar surface area (TPSA) is 60.2 Å². The van der Waals surface area contributed by atoms with E-state index in [1.165, 1.54) is 31.0 Å². The molecule has 0 bridgehead atoms. The third-order valence-corrected chi connectivity index (χ3v) is 6.02. The van der Waals surface area contributed by atoms with Gasteiger partial charge in [0.25, 0.3) is 0 Å². The van der Waals surface area contributed by atoms with Crippen molar-refractivity contribution in [1.29, 1.82) is 0 Å². The lowest BCUT2D eigenvalue weighted by atomic mass is 10.1. The van der Waals surface area contributed by atoms with Gasteiger partial charge < -0.3 is 9.64 Å². The van der Waals surface area contributed by atoms with Crippen LogP contribution in [0.1, 0.15) is 37.9 Å². The zero-order chi connectivity index (χ0) is 20.5. The van der Waals surface area contributed by atoms with Crippen LogP contribution in [0.4, 0.5) is 0 Å². The number of nitrogens with zero attached hydrogens (tertiary/aromatic N) is 4. The van der Waals surface area contributed by atoms with Crippen molar-refractivity contribution in [3.05, 3.63) is 47.8 Å². The molecule has 0 atom stereocenters. The van der Waals surface area contributed by atoms with Crippen LogP contribution in [0.3, 0.4) is 0 Å². The summed E-state index contributed by atoms with van der Waals surface area (Å²) in [6.07, 6.45) is 7.68. The SMILES string of the molecule is C=CCn1c(COc2ccc(Cl)cc2)nnc1SCC(=O)N1CCCCCCC1. The number of allylic oxidation sites excluding steroid dienone is 1. The van der Waals surface area contributed by atoms with E-state index < -0.39 is 0 Å². The fourth-order valence-electron chi connectivity index (χ4n) is 3.24. The second-order valence-electron chi connectivity index (χ2n) is 6.98. The first-order valence-corrected chi connectivity index (χ1v) is 11.4. The molecule has 1 aliphatic rings. The van der Waals surface area contributed by atoms with Gasteiger partial charge in [0.2, 0.25) is 5.91 Å². The quantitative estimate of drug-likeness (QED) is 0.449. The second-order valence-corrected chi connectivity index (χ2v) is 8.36. The van der Waals surface area contributed by atoms with Crippen molar-refractivity contribution in [2.24, 2.45) is 0 Å². The molecule has 0 radical (unpaired) electrons. The smallest absolute Gasteiger partial charge is 0.233 e. The Balaban J connectivity index is 1.59. The first-order chi connectivity index (χ1) is 14.2. The molecule has 2 aromatic rings. The van der Waals surface area contributed by atoms with E-state index in [1.54, 1.807) is 18.2 Å². The van der Waals surface area contributed by atoms with Crippen LogP contribution < -0.4 is 4.74 Å². The molecule has 1 saturated heterocycles. The van der Waals surface area contributed by atoms with Crippen LogP contribution in [-0.4, -0.2) is 44.4 Å². The number of carbonyl (C=O) groups is 1. The third kappa shape index (κ3) is 6.51. The van der Waals surface area contributed by atoms with Gasteiger partial charge in [-0.15, -0.1) is 16.8 Å². The van der Waals surface area contributed by atoms with Crippen LogP contribution in [0.5, 0.6) is 5.75 Å². The Morgan fingerprint density at radius 1 is 1.14 bits per heavy atom. The lowest BCUT2D eigenvalue weighted by Crippen LogP contribution is -2.35. The molecular weight excluding hydrogens is 408 g/mol. The van der Waals surface area contributed by atoms with Gasteiger partial charge in [0.15, 0.2) is 11.0 Å². The first-order valence-electron chi connectivity index (χ1n) is 9.99. The highest BCUT2D eigenvalue weighted by Crippen LogP contribution is 2.21. The summed E-state index contributed by atoms with van der Waals surface area (Å²) in [5.41, 5.74) is 0. The summed E-state index contributed by atoms with van der Waals surface area (Å²) in [6, 6.07) is 7.19. The highest BCUT2D eigenvalue weighted by Gasteiger charge is 2.18. The van der Waals surface area contributed by atoms with E-state index >= 15 is 0 Å². The normalized spacial score (nSPS) is 14.9. The largest absolute Gasteiger partial charge is 0.486 e. The summed E-state index contributed by atoms with van der Waals surface area (Å²) >= 11 is 7.33. The van der Waals surface area contributed by atoms with Gasteiger partial charge in [0.05, 0.1) is 5.75 Å². The first kappa shape index (κ1) is 21.7. The minimum atomic E-state index is 0.170. The Morgan fingerprint density at radius 3 is 2.52 bits per heavy atom. The number of ether oxygens (including phenoxy) is 1. The summed E-state index contributed by atoms with van der Waals surface area (Å²) in [6.45, 7) is 6.38. The number of amides is 1. The van der Waals surface area contributed by atoms with E-state index in [0.717, 1.165) is 25.9 Å². The fraction of sp³-hybridized carbons (Fsp3) is 0.476. The number of hydrogen-bond donors (Lipinski definition) is 0. The molecule has 3 rings (SSSR count). The average molecular weight is 435 g/mol. The van der Waals surface area contributed by atoms with E-state index in [0.29, 0.717) is 34.1 Å². The molecule has 6 nitrogen and oxygen atoms in total. The monoisotopic (exact) mass is 434 g/mol. The molecule has 0 aliphatic carbocycles. The van der Waals surface area contributed by atoms with Crippen LogP contribution in [0.15, 0.2) is 42.1 Å². The summed E-state index contributed by atoms with van der Waals surface area (Å²) in [5, 5.41) is 9.89. The number of hydrogen-bond acceptors (Lipinski definition) is 5. The Bertz CT molecular complexity index is 802. The van der Waals surface area contributed by atoms with Crippen molar-refractivity contribution in [3.8, 4) is 5.75 Å². The lowest BCUT2D eigenvalue weighted by molar-refractivity contribution is -0.128. The number of halogens is 1. The van der Waals surface area contributed by atoms with Gasteiger partial charge in [-0.1, -0.05) is 48.7 Å². The number of likely N-dealkylation sites (tertiary alicyclic amines) is 1. The van der Waals surface area contributed by atoms with Crippen molar-refractivity contribution in [3.63, 3.8) is 0 Å². The maximum Gasteiger partial charge on any atom is 0.233 e. The molecule has 29 heavy (non-hydrogen) atoms. The maximum absolute atomic E-state index is 12.6. The number of aromatic nitrogens is 3. The van der Waals surface area contributed by atoms with Crippen LogP contribution in [0, 0.1) is 0 Å². The van der Waals surface area contributed by atoms with Crippen LogP contribution in [0.25, 0.3) is 0 Å².